The molecule has 0 saturated carbocycles. The summed E-state index contributed by atoms with van der Waals surface area (Å²) in [5, 5.41) is 6.26. The van der Waals surface area contributed by atoms with Crippen LogP contribution < -0.4 is 5.32 Å². The summed E-state index contributed by atoms with van der Waals surface area (Å²) in [5.41, 5.74) is 5.69. The summed E-state index contributed by atoms with van der Waals surface area (Å²) >= 11 is 0. The minimum Gasteiger partial charge on any atom is -0.378 e. The van der Waals surface area contributed by atoms with Gasteiger partial charge >= 0.3 is 0 Å². The molecule has 146 valence electrons. The summed E-state index contributed by atoms with van der Waals surface area (Å²) < 4.78 is 22.3. The van der Waals surface area contributed by atoms with Crippen LogP contribution in [0.1, 0.15) is 36.1 Å². The average molecular weight is 386 g/mol. The lowest BCUT2D eigenvalue weighted by Gasteiger charge is -2.43. The highest BCUT2D eigenvalue weighted by Gasteiger charge is 2.40. The molecule has 3 atom stereocenters. The largest absolute Gasteiger partial charge is 0.378 e. The van der Waals surface area contributed by atoms with Crippen LogP contribution in [0.25, 0.3) is 21.8 Å². The van der Waals surface area contributed by atoms with Gasteiger partial charge in [-0.2, -0.15) is 0 Å². The second-order valence-electron chi connectivity index (χ2n) is 8.30. The Morgan fingerprint density at radius 3 is 2.79 bits per heavy atom. The van der Waals surface area contributed by atoms with Crippen molar-refractivity contribution in [1.82, 2.24) is 4.57 Å². The van der Waals surface area contributed by atoms with Crippen LogP contribution in [0.5, 0.6) is 0 Å². The van der Waals surface area contributed by atoms with Crippen LogP contribution in [0, 0.1) is 11.7 Å². The molecule has 0 amide bonds. The summed E-state index contributed by atoms with van der Waals surface area (Å²) in [6.45, 7) is 0.742. The smallest absolute Gasteiger partial charge is 0.123 e. The Morgan fingerprint density at radius 2 is 1.86 bits per heavy atom. The van der Waals surface area contributed by atoms with E-state index in [4.69, 9.17) is 4.74 Å². The van der Waals surface area contributed by atoms with Crippen molar-refractivity contribution in [2.75, 3.05) is 11.9 Å². The van der Waals surface area contributed by atoms with Gasteiger partial charge in [-0.1, -0.05) is 24.3 Å². The maximum absolute atomic E-state index is 13.9. The molecule has 3 heterocycles. The van der Waals surface area contributed by atoms with Crippen LogP contribution >= 0.6 is 0 Å². The summed E-state index contributed by atoms with van der Waals surface area (Å²) in [4.78, 5) is 0. The third kappa shape index (κ3) is 2.52. The maximum atomic E-state index is 13.9. The molecule has 1 aromatic heterocycles. The predicted octanol–water partition coefficient (Wildman–Crippen LogP) is 6.11. The molecule has 4 heteroatoms. The van der Waals surface area contributed by atoms with Gasteiger partial charge in [0.2, 0.25) is 0 Å². The minimum atomic E-state index is -0.200. The number of benzene rings is 3. The Kier molecular flexibility index (Phi) is 3.72. The first-order valence-corrected chi connectivity index (χ1v) is 10.4. The fourth-order valence-corrected chi connectivity index (χ4v) is 5.35. The first kappa shape index (κ1) is 17.0. The van der Waals surface area contributed by atoms with E-state index in [1.807, 2.05) is 6.07 Å². The van der Waals surface area contributed by atoms with E-state index in [1.54, 1.807) is 6.07 Å². The van der Waals surface area contributed by atoms with Crippen molar-refractivity contribution in [3.8, 4) is 0 Å². The molecule has 0 bridgehead atoms. The molecule has 1 fully saturated rings. The highest BCUT2D eigenvalue weighted by atomic mass is 19.1. The fourth-order valence-electron chi connectivity index (χ4n) is 5.35. The normalized spacial score (nSPS) is 23.6. The quantitative estimate of drug-likeness (QED) is 0.427. The summed E-state index contributed by atoms with van der Waals surface area (Å²) in [6.07, 6.45) is 2.07. The molecule has 29 heavy (non-hydrogen) atoms. The molecule has 1 N–H and O–H groups in total. The van der Waals surface area contributed by atoms with Crippen molar-refractivity contribution < 1.29 is 9.13 Å². The van der Waals surface area contributed by atoms with Crippen molar-refractivity contribution in [3.63, 3.8) is 0 Å². The monoisotopic (exact) mass is 386 g/mol. The van der Waals surface area contributed by atoms with E-state index < -0.39 is 0 Å². The van der Waals surface area contributed by atoms with Gasteiger partial charge in [0.1, 0.15) is 5.82 Å². The molecule has 2 unspecified atom stereocenters. The predicted molar refractivity (Wildman–Crippen MR) is 115 cm³/mol. The lowest BCUT2D eigenvalue weighted by molar-refractivity contribution is -0.0382. The number of anilines is 1. The van der Waals surface area contributed by atoms with E-state index in [0.717, 1.165) is 30.7 Å². The van der Waals surface area contributed by atoms with Crippen LogP contribution in [-0.4, -0.2) is 11.2 Å². The van der Waals surface area contributed by atoms with E-state index in [-0.39, 0.29) is 18.0 Å². The Hall–Kier alpha value is -2.85. The molecule has 3 nitrogen and oxygen atoms in total. The SMILES string of the molecule is Cn1c2ccccc2c2cc([C@H]3Nc4ccc(F)cc4C4OCCCC43)ccc21. The number of nitrogens with zero attached hydrogens (tertiary/aromatic N) is 1. The number of halogens is 1. The number of para-hydroxylation sites is 1. The van der Waals surface area contributed by atoms with E-state index >= 15 is 0 Å². The van der Waals surface area contributed by atoms with Crippen molar-refractivity contribution in [3.05, 3.63) is 77.6 Å². The van der Waals surface area contributed by atoms with Gasteiger partial charge < -0.3 is 14.6 Å². The maximum Gasteiger partial charge on any atom is 0.123 e. The first-order valence-electron chi connectivity index (χ1n) is 10.4. The number of hydrogen-bond donors (Lipinski definition) is 1. The van der Waals surface area contributed by atoms with Crippen LogP contribution in [-0.2, 0) is 11.8 Å². The number of aryl methyl sites for hydroxylation is 1. The number of fused-ring (bicyclic) bond motifs is 6. The zero-order valence-corrected chi connectivity index (χ0v) is 16.4. The highest BCUT2D eigenvalue weighted by Crippen LogP contribution is 2.49. The van der Waals surface area contributed by atoms with Crippen molar-refractivity contribution in [1.29, 1.82) is 0 Å². The van der Waals surface area contributed by atoms with Crippen molar-refractivity contribution in [2.24, 2.45) is 13.0 Å². The van der Waals surface area contributed by atoms with Crippen molar-refractivity contribution in [2.45, 2.75) is 25.0 Å². The number of aromatic nitrogens is 1. The fraction of sp³-hybridized carbons (Fsp3) is 0.280. The Bertz CT molecular complexity index is 1240. The molecule has 2 aliphatic rings. The van der Waals surface area contributed by atoms with Gasteiger partial charge in [0, 0.05) is 52.6 Å². The average Bonchev–Trinajstić information content (AvgIpc) is 3.05. The van der Waals surface area contributed by atoms with Gasteiger partial charge in [0.25, 0.3) is 0 Å². The van der Waals surface area contributed by atoms with Gasteiger partial charge in [0.05, 0.1) is 12.1 Å². The van der Waals surface area contributed by atoms with Gasteiger partial charge in [-0.05, 0) is 54.8 Å². The van der Waals surface area contributed by atoms with Crippen LogP contribution in [0.3, 0.4) is 0 Å². The molecule has 0 spiro atoms. The summed E-state index contributed by atoms with van der Waals surface area (Å²) in [6, 6.07) is 20.5. The van der Waals surface area contributed by atoms with Gasteiger partial charge in [0.15, 0.2) is 0 Å². The van der Waals surface area contributed by atoms with Crippen molar-refractivity contribution >= 4 is 27.5 Å². The number of hydrogen-bond acceptors (Lipinski definition) is 2. The van der Waals surface area contributed by atoms with E-state index in [0.29, 0.717) is 5.92 Å². The van der Waals surface area contributed by atoms with Crippen LogP contribution in [0.15, 0.2) is 60.7 Å². The number of rotatable bonds is 1. The van der Waals surface area contributed by atoms with E-state index in [1.165, 1.54) is 33.4 Å². The molecule has 6 rings (SSSR count). The lowest BCUT2D eigenvalue weighted by Crippen LogP contribution is -2.36. The zero-order valence-electron chi connectivity index (χ0n) is 16.4. The Labute approximate surface area is 169 Å². The second-order valence-corrected chi connectivity index (χ2v) is 8.30. The van der Waals surface area contributed by atoms with E-state index in [2.05, 4.69) is 59.4 Å². The topological polar surface area (TPSA) is 26.2 Å². The highest BCUT2D eigenvalue weighted by molar-refractivity contribution is 6.08. The molecule has 2 aliphatic heterocycles. The molecule has 3 aromatic carbocycles. The Morgan fingerprint density at radius 1 is 1.00 bits per heavy atom. The molecule has 0 radical (unpaired) electrons. The zero-order chi connectivity index (χ0) is 19.5. The second kappa shape index (κ2) is 6.33. The molecular formula is C25H23FN2O. The molecular weight excluding hydrogens is 363 g/mol. The van der Waals surface area contributed by atoms with Gasteiger partial charge in [-0.3, -0.25) is 0 Å². The third-order valence-corrected chi connectivity index (χ3v) is 6.72. The first-order chi connectivity index (χ1) is 14.2. The lowest BCUT2D eigenvalue weighted by atomic mass is 9.77. The van der Waals surface area contributed by atoms with Crippen LogP contribution in [0.4, 0.5) is 10.1 Å². The molecule has 1 saturated heterocycles. The van der Waals surface area contributed by atoms with Gasteiger partial charge in [-0.15, -0.1) is 0 Å². The van der Waals surface area contributed by atoms with Gasteiger partial charge in [-0.25, -0.2) is 4.39 Å². The standard InChI is InChI=1S/C25H23FN2O/c1-28-22-7-3-2-5-17(22)19-13-15(8-11-23(19)28)24-18-6-4-12-29-25(18)20-14-16(26)9-10-21(20)27-24/h2-3,5,7-11,13-14,18,24-25,27H,4,6,12H2,1H3/t18?,24-,25?/m1/s1. The number of nitrogens with one attached hydrogen (secondary N) is 1. The third-order valence-electron chi connectivity index (χ3n) is 6.72. The van der Waals surface area contributed by atoms with E-state index in [9.17, 15) is 4.39 Å². The number of ether oxygens (including phenoxy) is 1. The van der Waals surface area contributed by atoms with Crippen LogP contribution in [0.2, 0.25) is 0 Å². The Balaban J connectivity index is 1.51. The molecule has 4 aromatic rings. The molecule has 0 aliphatic carbocycles. The summed E-state index contributed by atoms with van der Waals surface area (Å²) in [5.74, 6) is 0.0968. The summed E-state index contributed by atoms with van der Waals surface area (Å²) in [7, 11) is 2.12. The minimum absolute atomic E-state index is 0.0519.